The van der Waals surface area contributed by atoms with E-state index in [0.717, 1.165) is 5.56 Å². The molecule has 0 N–H and O–H groups in total. The predicted molar refractivity (Wildman–Crippen MR) is 220 cm³/mol. The maximum Gasteiger partial charge on any atom is 0.0384 e. The summed E-state index contributed by atoms with van der Waals surface area (Å²) >= 11 is 1.75. The third-order valence-corrected chi connectivity index (χ3v) is 11.5. The molecule has 0 spiro atoms. The van der Waals surface area contributed by atoms with Crippen molar-refractivity contribution >= 4 is 33.3 Å². The van der Waals surface area contributed by atoms with E-state index in [4.69, 9.17) is 6.42 Å². The molecule has 48 heavy (non-hydrogen) atoms. The first-order valence-electron chi connectivity index (χ1n) is 20.7. The van der Waals surface area contributed by atoms with Crippen molar-refractivity contribution in [2.24, 2.45) is 0 Å². The average Bonchev–Trinajstić information content (AvgIpc) is 3.10. The van der Waals surface area contributed by atoms with Gasteiger partial charge in [-0.05, 0) is 88.9 Å². The Kier molecular flexibility index (Phi) is 21.9. The molecule has 0 aliphatic heterocycles. The third kappa shape index (κ3) is 15.8. The number of rotatable bonds is 29. The Morgan fingerprint density at radius 3 is 1.06 bits per heavy atom. The summed E-state index contributed by atoms with van der Waals surface area (Å²) in [5.41, 5.74) is 4.22. The SMILES string of the molecule is C#Cc1cc2cc3cc(CCCCCCCCCCCCCCC)c(CCCCCCCCCCCCCCC)cc3cc2cc1SC. The zero-order chi connectivity index (χ0) is 34.1. The van der Waals surface area contributed by atoms with Crippen molar-refractivity contribution in [2.75, 3.05) is 6.26 Å². The molecular formula is C47H72S. The second-order valence-electron chi connectivity index (χ2n) is 14.8. The van der Waals surface area contributed by atoms with Gasteiger partial charge in [-0.15, -0.1) is 18.2 Å². The first-order valence-corrected chi connectivity index (χ1v) is 22.0. The summed E-state index contributed by atoms with van der Waals surface area (Å²) in [7, 11) is 0. The number of terminal acetylenes is 1. The predicted octanol–water partition coefficient (Wildman–Crippen LogP) is 16.0. The van der Waals surface area contributed by atoms with Crippen LogP contribution in [0, 0.1) is 12.3 Å². The molecule has 0 amide bonds. The Balaban J connectivity index is 1.48. The Morgan fingerprint density at radius 2 is 0.729 bits per heavy atom. The molecule has 0 fully saturated rings. The van der Waals surface area contributed by atoms with E-state index in [1.165, 1.54) is 206 Å². The van der Waals surface area contributed by atoms with Gasteiger partial charge in [-0.2, -0.15) is 0 Å². The number of hydrogen-bond acceptors (Lipinski definition) is 1. The Bertz CT molecular complexity index is 1310. The molecule has 0 saturated heterocycles. The lowest BCUT2D eigenvalue weighted by Crippen LogP contribution is -1.97. The molecule has 3 rings (SSSR count). The molecule has 0 aromatic heterocycles. The number of thioether (sulfide) groups is 1. The van der Waals surface area contributed by atoms with Gasteiger partial charge in [0.05, 0.1) is 0 Å². The van der Waals surface area contributed by atoms with Crippen LogP contribution >= 0.6 is 11.8 Å². The summed E-state index contributed by atoms with van der Waals surface area (Å²) in [6.45, 7) is 4.61. The van der Waals surface area contributed by atoms with Gasteiger partial charge < -0.3 is 0 Å². The number of benzene rings is 3. The standard InChI is InChI=1S/C47H72S/c1-5-8-10-12-14-16-18-20-22-24-26-28-30-32-41-35-44-37-43-34-40(7-3)47(48-4)39-46(43)38-45(44)36-42(41)33-31-29-27-25-23-21-19-17-15-13-11-9-6-2/h3,34-39H,5-6,8-33H2,1-2,4H3. The smallest absolute Gasteiger partial charge is 0.0384 e. The fourth-order valence-corrected chi connectivity index (χ4v) is 8.17. The van der Waals surface area contributed by atoms with Crippen molar-refractivity contribution in [3.8, 4) is 12.3 Å². The molecule has 0 atom stereocenters. The average molecular weight is 669 g/mol. The second-order valence-corrected chi connectivity index (χ2v) is 15.7. The van der Waals surface area contributed by atoms with Crippen LogP contribution in [0.25, 0.3) is 21.5 Å². The summed E-state index contributed by atoms with van der Waals surface area (Å²) < 4.78 is 0. The monoisotopic (exact) mass is 669 g/mol. The van der Waals surface area contributed by atoms with Gasteiger partial charge in [0.25, 0.3) is 0 Å². The summed E-state index contributed by atoms with van der Waals surface area (Å²) in [4.78, 5) is 1.20. The number of fused-ring (bicyclic) bond motifs is 2. The molecule has 0 unspecified atom stereocenters. The molecule has 266 valence electrons. The molecule has 0 radical (unpaired) electrons. The Morgan fingerprint density at radius 1 is 0.417 bits per heavy atom. The highest BCUT2D eigenvalue weighted by atomic mass is 32.2. The minimum absolute atomic E-state index is 1.01. The topological polar surface area (TPSA) is 0 Å². The van der Waals surface area contributed by atoms with Crippen LogP contribution < -0.4 is 0 Å². The van der Waals surface area contributed by atoms with E-state index in [0.29, 0.717) is 0 Å². The van der Waals surface area contributed by atoms with Crippen LogP contribution in [0.4, 0.5) is 0 Å². The van der Waals surface area contributed by atoms with Crippen molar-refractivity contribution in [3.63, 3.8) is 0 Å². The van der Waals surface area contributed by atoms with E-state index in [2.05, 4.69) is 62.4 Å². The van der Waals surface area contributed by atoms with Gasteiger partial charge in [0, 0.05) is 10.5 Å². The van der Waals surface area contributed by atoms with E-state index in [1.54, 1.807) is 22.9 Å². The summed E-state index contributed by atoms with van der Waals surface area (Å²) in [5.74, 6) is 2.91. The molecule has 1 heteroatoms. The number of unbranched alkanes of at least 4 members (excludes halogenated alkanes) is 24. The van der Waals surface area contributed by atoms with E-state index in [9.17, 15) is 0 Å². The first kappa shape index (κ1) is 40.5. The van der Waals surface area contributed by atoms with E-state index in [-0.39, 0.29) is 0 Å². The molecule has 0 nitrogen and oxygen atoms in total. The third-order valence-electron chi connectivity index (χ3n) is 10.7. The summed E-state index contributed by atoms with van der Waals surface area (Å²) in [6.07, 6.45) is 47.2. The zero-order valence-corrected chi connectivity index (χ0v) is 32.6. The maximum atomic E-state index is 5.87. The van der Waals surface area contributed by atoms with Crippen LogP contribution in [0.1, 0.15) is 197 Å². The fraction of sp³-hybridized carbons (Fsp3) is 0.660. The molecule has 3 aromatic rings. The van der Waals surface area contributed by atoms with Crippen LogP contribution in [0.2, 0.25) is 0 Å². The number of hydrogen-bond donors (Lipinski definition) is 0. The van der Waals surface area contributed by atoms with Crippen LogP contribution in [0.15, 0.2) is 41.3 Å². The van der Waals surface area contributed by atoms with Gasteiger partial charge in [-0.25, -0.2) is 0 Å². The highest BCUT2D eigenvalue weighted by Crippen LogP contribution is 2.32. The van der Waals surface area contributed by atoms with Crippen molar-refractivity contribution in [1.29, 1.82) is 0 Å². The Hall–Kier alpha value is -1.91. The highest BCUT2D eigenvalue weighted by Gasteiger charge is 2.10. The van der Waals surface area contributed by atoms with Gasteiger partial charge in [0.1, 0.15) is 0 Å². The molecule has 0 aliphatic rings. The normalized spacial score (nSPS) is 11.5. The van der Waals surface area contributed by atoms with E-state index in [1.807, 2.05) is 0 Å². The van der Waals surface area contributed by atoms with Crippen LogP contribution in [0.5, 0.6) is 0 Å². The second kappa shape index (κ2) is 26.0. The zero-order valence-electron chi connectivity index (χ0n) is 31.7. The largest absolute Gasteiger partial charge is 0.128 e. The quantitative estimate of drug-likeness (QED) is 0.0307. The van der Waals surface area contributed by atoms with Gasteiger partial charge in [0.15, 0.2) is 0 Å². The molecule has 0 bridgehead atoms. The van der Waals surface area contributed by atoms with Crippen molar-refractivity contribution in [1.82, 2.24) is 0 Å². The minimum atomic E-state index is 1.01. The lowest BCUT2D eigenvalue weighted by molar-refractivity contribution is 0.537. The van der Waals surface area contributed by atoms with Crippen LogP contribution in [-0.2, 0) is 12.8 Å². The van der Waals surface area contributed by atoms with Gasteiger partial charge in [0.2, 0.25) is 0 Å². The lowest BCUT2D eigenvalue weighted by atomic mass is 9.92. The Labute approximate surface area is 302 Å². The molecular weight excluding hydrogens is 597 g/mol. The summed E-state index contributed by atoms with van der Waals surface area (Å²) in [6, 6.07) is 14.4. The molecule has 0 saturated carbocycles. The van der Waals surface area contributed by atoms with E-state index >= 15 is 0 Å². The van der Waals surface area contributed by atoms with Crippen LogP contribution in [0.3, 0.4) is 0 Å². The van der Waals surface area contributed by atoms with Crippen molar-refractivity contribution < 1.29 is 0 Å². The molecule has 0 aliphatic carbocycles. The fourth-order valence-electron chi connectivity index (χ4n) is 7.59. The van der Waals surface area contributed by atoms with Gasteiger partial charge >= 0.3 is 0 Å². The number of aryl methyl sites for hydroxylation is 2. The molecule has 0 heterocycles. The lowest BCUT2D eigenvalue weighted by Gasteiger charge is -2.14. The van der Waals surface area contributed by atoms with Crippen molar-refractivity contribution in [2.45, 2.75) is 199 Å². The van der Waals surface area contributed by atoms with Gasteiger partial charge in [-0.3, -0.25) is 0 Å². The minimum Gasteiger partial charge on any atom is -0.128 e. The first-order chi connectivity index (χ1) is 23.7. The highest BCUT2D eigenvalue weighted by molar-refractivity contribution is 7.98. The van der Waals surface area contributed by atoms with Gasteiger partial charge in [-0.1, -0.05) is 186 Å². The van der Waals surface area contributed by atoms with Crippen molar-refractivity contribution in [3.05, 3.63) is 53.1 Å². The summed E-state index contributed by atoms with van der Waals surface area (Å²) in [5, 5.41) is 5.34. The molecule has 3 aromatic carbocycles. The maximum absolute atomic E-state index is 5.87. The van der Waals surface area contributed by atoms with E-state index < -0.39 is 0 Å². The van der Waals surface area contributed by atoms with Crippen LogP contribution in [-0.4, -0.2) is 6.26 Å².